The van der Waals surface area contributed by atoms with Gasteiger partial charge in [0.25, 0.3) is 11.7 Å². The molecule has 0 bridgehead atoms. The summed E-state index contributed by atoms with van der Waals surface area (Å²) in [4.78, 5) is 23.9. The number of benzene rings is 1. The van der Waals surface area contributed by atoms with Gasteiger partial charge in [-0.2, -0.15) is 0 Å². The van der Waals surface area contributed by atoms with E-state index in [1.54, 1.807) is 48.1 Å². The van der Waals surface area contributed by atoms with Crippen LogP contribution in [0.4, 0.5) is 5.69 Å². The molecule has 0 aliphatic rings. The number of anilines is 1. The number of ketones is 1. The topological polar surface area (TPSA) is 51.1 Å². The van der Waals surface area contributed by atoms with Crippen LogP contribution >= 0.6 is 11.6 Å². The summed E-state index contributed by atoms with van der Waals surface area (Å²) in [6, 6.07) is 8.45. The molecule has 2 aromatic rings. The van der Waals surface area contributed by atoms with Gasteiger partial charge < -0.3 is 9.88 Å². The minimum Gasteiger partial charge on any atom is -0.348 e. The molecule has 98 valence electrons. The van der Waals surface area contributed by atoms with Gasteiger partial charge in [0, 0.05) is 24.0 Å². The van der Waals surface area contributed by atoms with E-state index in [2.05, 4.69) is 5.32 Å². The highest BCUT2D eigenvalue weighted by molar-refractivity contribution is 6.46. The average Bonchev–Trinajstić information content (AvgIpc) is 2.79. The summed E-state index contributed by atoms with van der Waals surface area (Å²) in [5.74, 6) is -1.25. The first-order valence-corrected chi connectivity index (χ1v) is 6.10. The summed E-state index contributed by atoms with van der Waals surface area (Å²) < 4.78 is 1.60. The van der Waals surface area contributed by atoms with E-state index in [4.69, 9.17) is 11.6 Å². The molecule has 0 unspecified atom stereocenters. The van der Waals surface area contributed by atoms with Crippen molar-refractivity contribution in [3.63, 3.8) is 0 Å². The fourth-order valence-corrected chi connectivity index (χ4v) is 1.89. The Hall–Kier alpha value is -2.07. The minimum atomic E-state index is -0.674. The van der Waals surface area contributed by atoms with E-state index in [1.807, 2.05) is 6.92 Å². The molecule has 0 saturated heterocycles. The largest absolute Gasteiger partial charge is 0.348 e. The van der Waals surface area contributed by atoms with Crippen LogP contribution in [0.3, 0.4) is 0 Å². The van der Waals surface area contributed by atoms with Gasteiger partial charge in [-0.05, 0) is 36.8 Å². The molecule has 0 saturated carbocycles. The second-order valence-corrected chi connectivity index (χ2v) is 4.68. The predicted molar refractivity (Wildman–Crippen MR) is 74.6 cm³/mol. The van der Waals surface area contributed by atoms with Crippen LogP contribution in [0.5, 0.6) is 0 Å². The third-order valence-electron chi connectivity index (χ3n) is 2.83. The number of aromatic nitrogens is 1. The Bertz CT molecular complexity index is 647. The van der Waals surface area contributed by atoms with Crippen LogP contribution < -0.4 is 5.32 Å². The average molecular weight is 277 g/mol. The van der Waals surface area contributed by atoms with E-state index in [-0.39, 0.29) is 0 Å². The number of amides is 1. The number of carbonyl (C=O) groups excluding carboxylic acids is 2. The van der Waals surface area contributed by atoms with Gasteiger partial charge >= 0.3 is 0 Å². The lowest BCUT2D eigenvalue weighted by Crippen LogP contribution is -2.25. The molecular weight excluding hydrogens is 264 g/mol. The van der Waals surface area contributed by atoms with Gasteiger partial charge in [-0.25, -0.2) is 0 Å². The van der Waals surface area contributed by atoms with E-state index >= 15 is 0 Å². The predicted octanol–water partition coefficient (Wildman–Crippen LogP) is 2.81. The first-order chi connectivity index (χ1) is 8.99. The lowest BCUT2D eigenvalue weighted by molar-refractivity contribution is -0.112. The summed E-state index contributed by atoms with van der Waals surface area (Å²) in [5, 5.41) is 3.09. The molecular formula is C14H13ClN2O2. The van der Waals surface area contributed by atoms with E-state index in [0.717, 1.165) is 5.56 Å². The molecule has 19 heavy (non-hydrogen) atoms. The number of rotatable bonds is 3. The number of hydrogen-bond acceptors (Lipinski definition) is 2. The van der Waals surface area contributed by atoms with Crippen molar-refractivity contribution in [2.24, 2.45) is 7.05 Å². The second-order valence-electron chi connectivity index (χ2n) is 4.25. The van der Waals surface area contributed by atoms with Crippen LogP contribution in [0, 0.1) is 6.92 Å². The van der Waals surface area contributed by atoms with E-state index < -0.39 is 11.7 Å². The minimum absolute atomic E-state index is 0.345. The summed E-state index contributed by atoms with van der Waals surface area (Å²) >= 11 is 5.86. The zero-order chi connectivity index (χ0) is 14.0. The molecule has 5 heteroatoms. The van der Waals surface area contributed by atoms with Gasteiger partial charge in [0.15, 0.2) is 0 Å². The van der Waals surface area contributed by atoms with Crippen LogP contribution in [0.25, 0.3) is 0 Å². The van der Waals surface area contributed by atoms with Crippen molar-refractivity contribution in [2.75, 3.05) is 5.32 Å². The van der Waals surface area contributed by atoms with Crippen LogP contribution in [-0.2, 0) is 11.8 Å². The third kappa shape index (κ3) is 2.85. The summed E-state index contributed by atoms with van der Waals surface area (Å²) in [6.45, 7) is 1.83. The second kappa shape index (κ2) is 5.28. The van der Waals surface area contributed by atoms with Crippen LogP contribution in [0.2, 0.25) is 5.02 Å². The van der Waals surface area contributed by atoms with E-state index in [1.165, 1.54) is 0 Å². The fourth-order valence-electron chi connectivity index (χ4n) is 1.72. The number of hydrogen-bond donors (Lipinski definition) is 1. The number of aryl methyl sites for hydroxylation is 2. The lowest BCUT2D eigenvalue weighted by Gasteiger charge is -2.08. The van der Waals surface area contributed by atoms with Crippen molar-refractivity contribution < 1.29 is 9.59 Å². The van der Waals surface area contributed by atoms with Crippen LogP contribution in [0.1, 0.15) is 16.1 Å². The lowest BCUT2D eigenvalue weighted by atomic mass is 10.2. The highest BCUT2D eigenvalue weighted by Gasteiger charge is 2.19. The first kappa shape index (κ1) is 13.4. The molecule has 1 amide bonds. The Balaban J connectivity index is 2.20. The zero-order valence-electron chi connectivity index (χ0n) is 10.6. The number of Topliss-reactive ketones (excluding diaryl/α,β-unsaturated/α-hetero) is 1. The van der Waals surface area contributed by atoms with Gasteiger partial charge in [-0.1, -0.05) is 17.7 Å². The SMILES string of the molecule is Cc1ccc(Cl)cc1NC(=O)C(=O)c1cccn1C. The Morgan fingerprint density at radius 2 is 2.00 bits per heavy atom. The molecule has 0 fully saturated rings. The highest BCUT2D eigenvalue weighted by Crippen LogP contribution is 2.20. The fraction of sp³-hybridized carbons (Fsp3) is 0.143. The molecule has 0 aliphatic carbocycles. The standard InChI is InChI=1S/C14H13ClN2O2/c1-9-5-6-10(15)8-11(9)16-14(19)13(18)12-4-3-7-17(12)2/h3-8H,1-2H3,(H,16,19). The molecule has 1 aromatic heterocycles. The van der Waals surface area contributed by atoms with Crippen molar-refractivity contribution in [2.45, 2.75) is 6.92 Å². The Labute approximate surface area is 116 Å². The highest BCUT2D eigenvalue weighted by atomic mass is 35.5. The third-order valence-corrected chi connectivity index (χ3v) is 3.07. The number of nitrogens with one attached hydrogen (secondary N) is 1. The normalized spacial score (nSPS) is 10.3. The van der Waals surface area contributed by atoms with Crippen molar-refractivity contribution in [3.8, 4) is 0 Å². The van der Waals surface area contributed by atoms with Gasteiger partial charge in [-0.15, -0.1) is 0 Å². The Morgan fingerprint density at radius 1 is 1.26 bits per heavy atom. The molecule has 0 spiro atoms. The smallest absolute Gasteiger partial charge is 0.298 e. The van der Waals surface area contributed by atoms with Crippen LogP contribution in [0.15, 0.2) is 36.5 Å². The maximum Gasteiger partial charge on any atom is 0.298 e. The van der Waals surface area contributed by atoms with Gasteiger partial charge in [0.05, 0.1) is 5.69 Å². The van der Waals surface area contributed by atoms with Gasteiger partial charge in [-0.3, -0.25) is 9.59 Å². The number of carbonyl (C=O) groups is 2. The number of halogens is 1. The molecule has 0 radical (unpaired) electrons. The zero-order valence-corrected chi connectivity index (χ0v) is 11.4. The maximum atomic E-state index is 12.0. The van der Waals surface area contributed by atoms with E-state index in [0.29, 0.717) is 16.4 Å². The summed E-state index contributed by atoms with van der Waals surface area (Å²) in [7, 11) is 1.71. The molecule has 4 nitrogen and oxygen atoms in total. The summed E-state index contributed by atoms with van der Waals surface area (Å²) in [6.07, 6.45) is 1.71. The van der Waals surface area contributed by atoms with Crippen molar-refractivity contribution in [1.82, 2.24) is 4.57 Å². The van der Waals surface area contributed by atoms with Crippen molar-refractivity contribution >= 4 is 29.0 Å². The number of nitrogens with zero attached hydrogens (tertiary/aromatic N) is 1. The molecule has 1 aromatic carbocycles. The molecule has 1 N–H and O–H groups in total. The van der Waals surface area contributed by atoms with Crippen molar-refractivity contribution in [3.05, 3.63) is 52.8 Å². The van der Waals surface area contributed by atoms with Gasteiger partial charge in [0.1, 0.15) is 0 Å². The first-order valence-electron chi connectivity index (χ1n) is 5.72. The molecule has 0 aliphatic heterocycles. The van der Waals surface area contributed by atoms with Gasteiger partial charge in [0.2, 0.25) is 0 Å². The molecule has 1 heterocycles. The van der Waals surface area contributed by atoms with Crippen molar-refractivity contribution in [1.29, 1.82) is 0 Å². The Morgan fingerprint density at radius 3 is 2.63 bits per heavy atom. The van der Waals surface area contributed by atoms with Crippen LogP contribution in [-0.4, -0.2) is 16.3 Å². The maximum absolute atomic E-state index is 12.0. The Kier molecular flexibility index (Phi) is 3.71. The quantitative estimate of drug-likeness (QED) is 0.692. The summed E-state index contributed by atoms with van der Waals surface area (Å²) in [5.41, 5.74) is 1.73. The van der Waals surface area contributed by atoms with E-state index in [9.17, 15) is 9.59 Å². The molecule has 0 atom stereocenters. The molecule has 2 rings (SSSR count). The monoisotopic (exact) mass is 276 g/mol.